The number of nitrogens with one attached hydrogen (secondary N) is 1. The maximum atomic E-state index is 9.00. The SMILES string of the molecule is C=CCN(CCO)Cc1cc(CNCC(C)C)co1. The summed E-state index contributed by atoms with van der Waals surface area (Å²) in [4.78, 5) is 2.09. The lowest BCUT2D eigenvalue weighted by atomic mass is 10.2. The van der Waals surface area contributed by atoms with Gasteiger partial charge in [-0.1, -0.05) is 19.9 Å². The molecular weight excluding hydrogens is 240 g/mol. The van der Waals surface area contributed by atoms with Crippen LogP contribution in [0.1, 0.15) is 25.2 Å². The van der Waals surface area contributed by atoms with Crippen molar-refractivity contribution in [3.63, 3.8) is 0 Å². The van der Waals surface area contributed by atoms with Crippen molar-refractivity contribution in [2.45, 2.75) is 26.9 Å². The van der Waals surface area contributed by atoms with E-state index in [2.05, 4.69) is 36.7 Å². The van der Waals surface area contributed by atoms with Crippen LogP contribution in [-0.4, -0.2) is 36.2 Å². The second kappa shape index (κ2) is 8.91. The van der Waals surface area contributed by atoms with Gasteiger partial charge in [0.15, 0.2) is 0 Å². The van der Waals surface area contributed by atoms with E-state index in [9.17, 15) is 0 Å². The molecule has 108 valence electrons. The molecule has 0 spiro atoms. The van der Waals surface area contributed by atoms with Crippen LogP contribution >= 0.6 is 0 Å². The number of nitrogens with zero attached hydrogens (tertiary/aromatic N) is 1. The Morgan fingerprint density at radius 1 is 1.53 bits per heavy atom. The van der Waals surface area contributed by atoms with E-state index in [1.54, 1.807) is 6.26 Å². The fraction of sp³-hybridized carbons (Fsp3) is 0.600. The number of furan rings is 1. The Kier molecular flexibility index (Phi) is 7.48. The van der Waals surface area contributed by atoms with Crippen LogP contribution < -0.4 is 5.32 Å². The molecule has 2 N–H and O–H groups in total. The third-order valence-corrected chi connectivity index (χ3v) is 2.77. The highest BCUT2D eigenvalue weighted by atomic mass is 16.3. The Morgan fingerprint density at radius 3 is 2.95 bits per heavy atom. The van der Waals surface area contributed by atoms with Gasteiger partial charge in [0.1, 0.15) is 5.76 Å². The van der Waals surface area contributed by atoms with Gasteiger partial charge >= 0.3 is 0 Å². The Bertz CT molecular complexity index is 361. The van der Waals surface area contributed by atoms with Gasteiger partial charge in [-0.15, -0.1) is 6.58 Å². The lowest BCUT2D eigenvalue weighted by molar-refractivity contribution is 0.194. The average molecular weight is 266 g/mol. The van der Waals surface area contributed by atoms with E-state index in [1.165, 1.54) is 5.56 Å². The first-order valence-electron chi connectivity index (χ1n) is 6.86. The second-order valence-electron chi connectivity index (χ2n) is 5.19. The molecule has 0 atom stereocenters. The van der Waals surface area contributed by atoms with Gasteiger partial charge in [0.05, 0.1) is 19.4 Å². The normalized spacial score (nSPS) is 11.4. The first kappa shape index (κ1) is 16.0. The minimum absolute atomic E-state index is 0.150. The molecule has 0 aliphatic heterocycles. The summed E-state index contributed by atoms with van der Waals surface area (Å²) in [5, 5.41) is 12.4. The molecule has 1 aromatic rings. The molecular formula is C15H26N2O2. The predicted molar refractivity (Wildman–Crippen MR) is 77.8 cm³/mol. The number of aliphatic hydroxyl groups is 1. The Labute approximate surface area is 116 Å². The van der Waals surface area contributed by atoms with Crippen LogP contribution in [0, 0.1) is 5.92 Å². The first-order chi connectivity index (χ1) is 9.15. The molecule has 0 unspecified atom stereocenters. The van der Waals surface area contributed by atoms with Crippen molar-refractivity contribution in [3.05, 3.63) is 36.3 Å². The summed E-state index contributed by atoms with van der Waals surface area (Å²) in [6.07, 6.45) is 3.64. The summed E-state index contributed by atoms with van der Waals surface area (Å²) >= 11 is 0. The quantitative estimate of drug-likeness (QED) is 0.636. The smallest absolute Gasteiger partial charge is 0.118 e. The number of rotatable bonds is 10. The molecule has 0 radical (unpaired) electrons. The molecule has 0 saturated carbocycles. The van der Waals surface area contributed by atoms with E-state index in [0.717, 1.165) is 25.4 Å². The molecule has 19 heavy (non-hydrogen) atoms. The van der Waals surface area contributed by atoms with Crippen molar-refractivity contribution in [1.82, 2.24) is 10.2 Å². The summed E-state index contributed by atoms with van der Waals surface area (Å²) in [5.74, 6) is 1.58. The van der Waals surface area contributed by atoms with Crippen molar-refractivity contribution in [2.24, 2.45) is 5.92 Å². The first-order valence-corrected chi connectivity index (χ1v) is 6.86. The summed E-state index contributed by atoms with van der Waals surface area (Å²) in [6.45, 7) is 12.2. The highest BCUT2D eigenvalue weighted by Gasteiger charge is 2.07. The lowest BCUT2D eigenvalue weighted by Gasteiger charge is -2.17. The fourth-order valence-corrected chi connectivity index (χ4v) is 1.89. The molecule has 1 heterocycles. The molecule has 1 rings (SSSR count). The molecule has 0 fully saturated rings. The van der Waals surface area contributed by atoms with E-state index in [0.29, 0.717) is 19.0 Å². The van der Waals surface area contributed by atoms with Crippen molar-refractivity contribution >= 4 is 0 Å². The standard InChI is InChI=1S/C15H26N2O2/c1-4-5-17(6-7-18)11-15-8-14(12-19-15)10-16-9-13(2)3/h4,8,12-13,16,18H,1,5-7,9-11H2,2-3H3. The molecule has 0 amide bonds. The van der Waals surface area contributed by atoms with Crippen molar-refractivity contribution in [3.8, 4) is 0 Å². The van der Waals surface area contributed by atoms with Gasteiger partial charge in [-0.3, -0.25) is 4.90 Å². The Balaban J connectivity index is 2.41. The van der Waals surface area contributed by atoms with Crippen LogP contribution in [0.15, 0.2) is 29.4 Å². The maximum absolute atomic E-state index is 9.00. The van der Waals surface area contributed by atoms with Crippen LogP contribution in [0.2, 0.25) is 0 Å². The number of hydrogen-bond donors (Lipinski definition) is 2. The van der Waals surface area contributed by atoms with Gasteiger partial charge in [0.25, 0.3) is 0 Å². The summed E-state index contributed by atoms with van der Waals surface area (Å²) in [5.41, 5.74) is 1.17. The molecule has 0 aromatic carbocycles. The molecule has 0 aliphatic rings. The van der Waals surface area contributed by atoms with Crippen molar-refractivity contribution in [1.29, 1.82) is 0 Å². The minimum Gasteiger partial charge on any atom is -0.468 e. The van der Waals surface area contributed by atoms with Gasteiger partial charge in [0.2, 0.25) is 0 Å². The maximum Gasteiger partial charge on any atom is 0.118 e. The van der Waals surface area contributed by atoms with Gasteiger partial charge in [-0.2, -0.15) is 0 Å². The monoisotopic (exact) mass is 266 g/mol. The highest BCUT2D eigenvalue weighted by molar-refractivity contribution is 5.12. The van der Waals surface area contributed by atoms with Gasteiger partial charge in [-0.05, 0) is 18.5 Å². The van der Waals surface area contributed by atoms with Crippen molar-refractivity contribution < 1.29 is 9.52 Å². The highest BCUT2D eigenvalue weighted by Crippen LogP contribution is 2.10. The van der Waals surface area contributed by atoms with Crippen LogP contribution in [0.4, 0.5) is 0 Å². The molecule has 0 bridgehead atoms. The van der Waals surface area contributed by atoms with Crippen LogP contribution in [0.5, 0.6) is 0 Å². The van der Waals surface area contributed by atoms with Crippen LogP contribution in [0.25, 0.3) is 0 Å². The zero-order valence-corrected chi connectivity index (χ0v) is 12.1. The topological polar surface area (TPSA) is 48.6 Å². The molecule has 4 heteroatoms. The summed E-state index contributed by atoms with van der Waals surface area (Å²) in [7, 11) is 0. The Hall–Kier alpha value is -1.10. The molecule has 4 nitrogen and oxygen atoms in total. The van der Waals surface area contributed by atoms with Crippen LogP contribution in [-0.2, 0) is 13.1 Å². The van der Waals surface area contributed by atoms with Crippen LogP contribution in [0.3, 0.4) is 0 Å². The lowest BCUT2D eigenvalue weighted by Crippen LogP contribution is -2.26. The van der Waals surface area contributed by atoms with Crippen molar-refractivity contribution in [2.75, 3.05) is 26.2 Å². The molecule has 0 aliphatic carbocycles. The van der Waals surface area contributed by atoms with Gasteiger partial charge < -0.3 is 14.8 Å². The predicted octanol–water partition coefficient (Wildman–Crippen LogP) is 2.01. The number of hydrogen-bond acceptors (Lipinski definition) is 4. The van der Waals surface area contributed by atoms with E-state index in [-0.39, 0.29) is 6.61 Å². The largest absolute Gasteiger partial charge is 0.468 e. The summed E-state index contributed by atoms with van der Waals surface area (Å²) < 4.78 is 5.55. The minimum atomic E-state index is 0.150. The van der Waals surface area contributed by atoms with E-state index in [1.807, 2.05) is 6.08 Å². The van der Waals surface area contributed by atoms with Gasteiger partial charge in [-0.25, -0.2) is 0 Å². The zero-order chi connectivity index (χ0) is 14.1. The summed E-state index contributed by atoms with van der Waals surface area (Å²) in [6, 6.07) is 2.07. The molecule has 1 aromatic heterocycles. The third kappa shape index (κ3) is 6.57. The second-order valence-corrected chi connectivity index (χ2v) is 5.19. The molecule has 0 saturated heterocycles. The fourth-order valence-electron chi connectivity index (χ4n) is 1.89. The van der Waals surface area contributed by atoms with E-state index >= 15 is 0 Å². The zero-order valence-electron chi connectivity index (χ0n) is 12.1. The van der Waals surface area contributed by atoms with Gasteiger partial charge in [0, 0.05) is 25.2 Å². The average Bonchev–Trinajstić information content (AvgIpc) is 2.77. The number of aliphatic hydroxyl groups excluding tert-OH is 1. The third-order valence-electron chi connectivity index (χ3n) is 2.77. The van der Waals surface area contributed by atoms with E-state index in [4.69, 9.17) is 9.52 Å². The van der Waals surface area contributed by atoms with E-state index < -0.39 is 0 Å². The Morgan fingerprint density at radius 2 is 2.32 bits per heavy atom.